The third-order valence-corrected chi connectivity index (χ3v) is 6.68. The first-order valence-electron chi connectivity index (χ1n) is 12.7. The van der Waals surface area contributed by atoms with Gasteiger partial charge in [-0.2, -0.15) is 4.98 Å². The highest BCUT2D eigenvalue weighted by Crippen LogP contribution is 2.25. The van der Waals surface area contributed by atoms with E-state index in [9.17, 15) is 22.8 Å². The molecular formula is C28H27F3N6O3. The molecule has 9 nitrogen and oxygen atoms in total. The summed E-state index contributed by atoms with van der Waals surface area (Å²) in [5.74, 6) is 5.95. The van der Waals surface area contributed by atoms with Crippen LogP contribution in [0.2, 0.25) is 0 Å². The van der Waals surface area contributed by atoms with Crippen LogP contribution in [-0.4, -0.2) is 44.2 Å². The third-order valence-electron chi connectivity index (χ3n) is 6.68. The fourth-order valence-electron chi connectivity index (χ4n) is 4.89. The highest BCUT2D eigenvalue weighted by Gasteiger charge is 2.31. The van der Waals surface area contributed by atoms with E-state index in [1.807, 2.05) is 11.0 Å². The zero-order chi connectivity index (χ0) is 28.4. The molecule has 0 aliphatic carbocycles. The smallest absolute Gasteiger partial charge is 0.406 e. The fourth-order valence-corrected chi connectivity index (χ4v) is 4.89. The fraction of sp³-hybridized carbons (Fsp3) is 0.321. The molecule has 5 rings (SSSR count). The van der Waals surface area contributed by atoms with E-state index in [1.165, 1.54) is 16.7 Å². The van der Waals surface area contributed by atoms with Crippen LogP contribution in [0.3, 0.4) is 0 Å². The number of anilines is 1. The van der Waals surface area contributed by atoms with Crippen LogP contribution in [0, 0.1) is 11.8 Å². The number of alkyl halides is 3. The minimum Gasteiger partial charge on any atom is -0.406 e. The molecule has 0 spiro atoms. The van der Waals surface area contributed by atoms with Crippen molar-refractivity contribution in [2.45, 2.75) is 45.3 Å². The number of para-hydroxylation sites is 1. The topological polar surface area (TPSA) is 100 Å². The largest absolute Gasteiger partial charge is 0.573 e. The molecule has 4 aromatic rings. The number of imidazole rings is 1. The zero-order valence-corrected chi connectivity index (χ0v) is 21.7. The van der Waals surface area contributed by atoms with Gasteiger partial charge in [0.15, 0.2) is 11.2 Å². The Morgan fingerprint density at radius 3 is 2.45 bits per heavy atom. The van der Waals surface area contributed by atoms with Gasteiger partial charge in [-0.3, -0.25) is 13.9 Å². The summed E-state index contributed by atoms with van der Waals surface area (Å²) >= 11 is 0. The summed E-state index contributed by atoms with van der Waals surface area (Å²) in [6.07, 6.45) is -3.10. The van der Waals surface area contributed by atoms with Crippen molar-refractivity contribution in [3.8, 4) is 23.3 Å². The maximum absolute atomic E-state index is 14.0. The van der Waals surface area contributed by atoms with Gasteiger partial charge in [0.1, 0.15) is 5.75 Å². The summed E-state index contributed by atoms with van der Waals surface area (Å²) in [4.78, 5) is 34.6. The second kappa shape index (κ2) is 10.9. The van der Waals surface area contributed by atoms with Crippen LogP contribution in [0.1, 0.15) is 25.3 Å². The number of aromatic nitrogens is 4. The highest BCUT2D eigenvalue weighted by molar-refractivity contribution is 5.76. The van der Waals surface area contributed by atoms with Crippen molar-refractivity contribution in [1.29, 1.82) is 0 Å². The molecule has 1 aliphatic rings. The first-order chi connectivity index (χ1) is 19.2. The average Bonchev–Trinajstić information content (AvgIpc) is 3.30. The van der Waals surface area contributed by atoms with Crippen LogP contribution in [0.4, 0.5) is 19.1 Å². The van der Waals surface area contributed by atoms with Gasteiger partial charge >= 0.3 is 12.1 Å². The molecule has 12 heteroatoms. The third kappa shape index (κ3) is 5.46. The SMILES string of the molecule is CC#CCn1c(N2CCC[C@@H](N)C2)nc2c1c(=O)n(Cc1ccc(OC(F)(F)F)cc1)c(=O)n2-c1ccccc1. The number of piperidine rings is 1. The van der Waals surface area contributed by atoms with Crippen LogP contribution in [0.5, 0.6) is 5.75 Å². The maximum atomic E-state index is 14.0. The van der Waals surface area contributed by atoms with Gasteiger partial charge in [-0.1, -0.05) is 36.3 Å². The number of halogens is 3. The van der Waals surface area contributed by atoms with Crippen molar-refractivity contribution in [3.63, 3.8) is 0 Å². The molecule has 1 saturated heterocycles. The Morgan fingerprint density at radius 2 is 1.80 bits per heavy atom. The van der Waals surface area contributed by atoms with E-state index >= 15 is 0 Å². The predicted octanol–water partition coefficient (Wildman–Crippen LogP) is 3.25. The number of benzene rings is 2. The summed E-state index contributed by atoms with van der Waals surface area (Å²) in [5, 5.41) is 0. The molecule has 1 atom stereocenters. The number of ether oxygens (including phenoxy) is 1. The zero-order valence-electron chi connectivity index (χ0n) is 21.7. The minimum absolute atomic E-state index is 0.0588. The summed E-state index contributed by atoms with van der Waals surface area (Å²) < 4.78 is 45.9. The van der Waals surface area contributed by atoms with E-state index in [1.54, 1.807) is 35.8 Å². The monoisotopic (exact) mass is 552 g/mol. The molecule has 2 aromatic carbocycles. The molecule has 0 radical (unpaired) electrons. The number of hydrogen-bond donors (Lipinski definition) is 1. The van der Waals surface area contributed by atoms with Crippen molar-refractivity contribution >= 4 is 17.1 Å². The van der Waals surface area contributed by atoms with Gasteiger partial charge < -0.3 is 15.4 Å². The van der Waals surface area contributed by atoms with E-state index in [0.29, 0.717) is 30.3 Å². The number of fused-ring (bicyclic) bond motifs is 1. The lowest BCUT2D eigenvalue weighted by Gasteiger charge is -2.31. The Balaban J connectivity index is 1.71. The second-order valence-corrected chi connectivity index (χ2v) is 9.48. The molecule has 0 saturated carbocycles. The van der Waals surface area contributed by atoms with E-state index in [0.717, 1.165) is 29.5 Å². The van der Waals surface area contributed by atoms with E-state index < -0.39 is 23.4 Å². The molecule has 0 bridgehead atoms. The molecule has 0 unspecified atom stereocenters. The van der Waals surface area contributed by atoms with E-state index in [4.69, 9.17) is 10.7 Å². The lowest BCUT2D eigenvalue weighted by Crippen LogP contribution is -2.44. The lowest BCUT2D eigenvalue weighted by molar-refractivity contribution is -0.274. The Labute approximate surface area is 227 Å². The van der Waals surface area contributed by atoms with Crippen LogP contribution < -0.4 is 26.6 Å². The molecule has 3 heterocycles. The summed E-state index contributed by atoms with van der Waals surface area (Å²) in [5.41, 5.74) is 6.35. The number of rotatable bonds is 6. The van der Waals surface area contributed by atoms with Gasteiger partial charge in [0.25, 0.3) is 5.56 Å². The van der Waals surface area contributed by atoms with Crippen molar-refractivity contribution in [2.75, 3.05) is 18.0 Å². The molecule has 2 aromatic heterocycles. The Morgan fingerprint density at radius 1 is 1.07 bits per heavy atom. The number of nitrogens with zero attached hydrogens (tertiary/aromatic N) is 5. The average molecular weight is 553 g/mol. The van der Waals surface area contributed by atoms with E-state index in [2.05, 4.69) is 16.6 Å². The minimum atomic E-state index is -4.83. The highest BCUT2D eigenvalue weighted by atomic mass is 19.4. The first kappa shape index (κ1) is 27.1. The molecular weight excluding hydrogens is 525 g/mol. The van der Waals surface area contributed by atoms with Gasteiger partial charge in [-0.25, -0.2) is 9.36 Å². The molecule has 208 valence electrons. The van der Waals surface area contributed by atoms with Crippen LogP contribution in [0.25, 0.3) is 16.9 Å². The van der Waals surface area contributed by atoms with Crippen molar-refractivity contribution in [3.05, 3.63) is 81.0 Å². The second-order valence-electron chi connectivity index (χ2n) is 9.48. The van der Waals surface area contributed by atoms with Crippen molar-refractivity contribution in [2.24, 2.45) is 5.73 Å². The van der Waals surface area contributed by atoms with Gasteiger partial charge in [0.05, 0.1) is 18.8 Å². The molecule has 1 aliphatic heterocycles. The van der Waals surface area contributed by atoms with Crippen molar-refractivity contribution in [1.82, 2.24) is 18.7 Å². The Kier molecular flexibility index (Phi) is 7.40. The standard InChI is InChI=1S/C28H27F3N6O3/c1-2-3-16-35-23-24(33-26(35)34-15-7-8-20(32)18-34)37(21-9-5-4-6-10-21)27(39)36(25(23)38)17-19-11-13-22(14-12-19)40-28(29,30)31/h4-6,9-14,20H,7-8,15-18,32H2,1H3/t20-/m1/s1. The number of hydrogen-bond acceptors (Lipinski definition) is 6. The lowest BCUT2D eigenvalue weighted by atomic mass is 10.1. The van der Waals surface area contributed by atoms with Gasteiger partial charge in [-0.15, -0.1) is 19.1 Å². The van der Waals surface area contributed by atoms with Crippen LogP contribution in [0.15, 0.2) is 64.2 Å². The summed E-state index contributed by atoms with van der Waals surface area (Å²) in [6.45, 7) is 2.91. The van der Waals surface area contributed by atoms with Gasteiger partial charge in [0.2, 0.25) is 5.95 Å². The van der Waals surface area contributed by atoms with Crippen LogP contribution in [-0.2, 0) is 13.1 Å². The van der Waals surface area contributed by atoms with Gasteiger partial charge in [-0.05, 0) is 49.6 Å². The molecule has 2 N–H and O–H groups in total. The quantitative estimate of drug-likeness (QED) is 0.369. The van der Waals surface area contributed by atoms with Crippen LogP contribution >= 0.6 is 0 Å². The van der Waals surface area contributed by atoms with Crippen molar-refractivity contribution < 1.29 is 17.9 Å². The Bertz CT molecular complexity index is 1700. The first-order valence-corrected chi connectivity index (χ1v) is 12.7. The predicted molar refractivity (Wildman–Crippen MR) is 145 cm³/mol. The van der Waals surface area contributed by atoms with Gasteiger partial charge in [0, 0.05) is 19.1 Å². The Hall–Kier alpha value is -4.50. The number of nitrogens with two attached hydrogens (primary N) is 1. The van der Waals surface area contributed by atoms with E-state index in [-0.39, 0.29) is 30.3 Å². The molecule has 40 heavy (non-hydrogen) atoms. The molecule has 0 amide bonds. The summed E-state index contributed by atoms with van der Waals surface area (Å²) in [6, 6.07) is 13.8. The maximum Gasteiger partial charge on any atom is 0.573 e. The summed E-state index contributed by atoms with van der Waals surface area (Å²) in [7, 11) is 0. The molecule has 1 fully saturated rings. The normalized spacial score (nSPS) is 15.6.